The fourth-order valence-corrected chi connectivity index (χ4v) is 2.45. The first-order valence-electron chi connectivity index (χ1n) is 8.21. The number of rotatable bonds is 5. The summed E-state index contributed by atoms with van der Waals surface area (Å²) in [7, 11) is 0. The number of benzene rings is 3. The van der Waals surface area contributed by atoms with Gasteiger partial charge in [0, 0.05) is 23.4 Å². The maximum atomic E-state index is 12.9. The summed E-state index contributed by atoms with van der Waals surface area (Å²) in [6.07, 6.45) is 0. The van der Waals surface area contributed by atoms with Crippen LogP contribution in [-0.2, 0) is 6.54 Å². The second-order valence-electron chi connectivity index (χ2n) is 5.85. The van der Waals surface area contributed by atoms with Gasteiger partial charge >= 0.3 is 0 Å². The minimum absolute atomic E-state index is 0.246. The van der Waals surface area contributed by atoms with Crippen LogP contribution in [0.5, 0.6) is 0 Å². The third-order valence-electron chi connectivity index (χ3n) is 3.85. The number of hydrogen-bond donors (Lipinski definition) is 2. The van der Waals surface area contributed by atoms with E-state index in [2.05, 4.69) is 10.6 Å². The summed E-state index contributed by atoms with van der Waals surface area (Å²) in [4.78, 5) is 24.3. The first kappa shape index (κ1) is 18.3. The van der Waals surface area contributed by atoms with Crippen molar-refractivity contribution in [3.8, 4) is 0 Å². The zero-order chi connectivity index (χ0) is 19.2. The number of nitrogens with one attached hydrogen (secondary N) is 2. The van der Waals surface area contributed by atoms with Crippen LogP contribution in [0.3, 0.4) is 0 Å². The van der Waals surface area contributed by atoms with Gasteiger partial charge < -0.3 is 10.6 Å². The van der Waals surface area contributed by atoms with Gasteiger partial charge in [0.25, 0.3) is 11.8 Å². The zero-order valence-corrected chi connectivity index (χ0v) is 14.2. The van der Waals surface area contributed by atoms with Crippen molar-refractivity contribution < 1.29 is 18.4 Å². The van der Waals surface area contributed by atoms with Gasteiger partial charge in [0.15, 0.2) is 0 Å². The molecule has 0 aliphatic rings. The van der Waals surface area contributed by atoms with E-state index >= 15 is 0 Å². The molecule has 27 heavy (non-hydrogen) atoms. The third kappa shape index (κ3) is 4.98. The SMILES string of the molecule is O=C(NCc1cccc(NC(=O)c2ccc(F)cc2)c1)c1ccc(F)cc1. The van der Waals surface area contributed by atoms with Gasteiger partial charge in [-0.1, -0.05) is 12.1 Å². The van der Waals surface area contributed by atoms with Gasteiger partial charge in [-0.2, -0.15) is 0 Å². The second kappa shape index (κ2) is 8.23. The summed E-state index contributed by atoms with van der Waals surface area (Å²) in [5.41, 5.74) is 2.03. The summed E-state index contributed by atoms with van der Waals surface area (Å²) in [5, 5.41) is 5.47. The van der Waals surface area contributed by atoms with Crippen molar-refractivity contribution in [2.75, 3.05) is 5.32 Å². The van der Waals surface area contributed by atoms with E-state index in [-0.39, 0.29) is 18.4 Å². The Morgan fingerprint density at radius 2 is 1.30 bits per heavy atom. The summed E-state index contributed by atoms with van der Waals surface area (Å²) >= 11 is 0. The van der Waals surface area contributed by atoms with Gasteiger partial charge in [0.1, 0.15) is 11.6 Å². The van der Waals surface area contributed by atoms with Gasteiger partial charge in [0.05, 0.1) is 0 Å². The molecule has 0 aromatic heterocycles. The molecule has 3 rings (SSSR count). The van der Waals surface area contributed by atoms with Crippen LogP contribution in [0, 0.1) is 11.6 Å². The lowest BCUT2D eigenvalue weighted by molar-refractivity contribution is 0.0950. The Morgan fingerprint density at radius 3 is 1.89 bits per heavy atom. The molecule has 0 heterocycles. The molecule has 3 aromatic rings. The lowest BCUT2D eigenvalue weighted by Gasteiger charge is -2.09. The van der Waals surface area contributed by atoms with E-state index in [1.54, 1.807) is 24.3 Å². The van der Waals surface area contributed by atoms with Crippen molar-refractivity contribution in [2.45, 2.75) is 6.54 Å². The number of carbonyl (C=O) groups is 2. The number of amides is 2. The highest BCUT2D eigenvalue weighted by Crippen LogP contribution is 2.13. The smallest absolute Gasteiger partial charge is 0.255 e. The van der Waals surface area contributed by atoms with Crippen LogP contribution < -0.4 is 10.6 Å². The van der Waals surface area contributed by atoms with Crippen LogP contribution in [0.15, 0.2) is 72.8 Å². The molecule has 3 aromatic carbocycles. The molecule has 0 unspecified atom stereocenters. The van der Waals surface area contributed by atoms with E-state index in [1.807, 2.05) is 0 Å². The molecule has 4 nitrogen and oxygen atoms in total. The van der Waals surface area contributed by atoms with Crippen LogP contribution in [0.1, 0.15) is 26.3 Å². The summed E-state index contributed by atoms with van der Waals surface area (Å²) < 4.78 is 25.8. The quantitative estimate of drug-likeness (QED) is 0.713. The molecular weight excluding hydrogens is 350 g/mol. The summed E-state index contributed by atoms with van der Waals surface area (Å²) in [5.74, 6) is -1.50. The summed E-state index contributed by atoms with van der Waals surface area (Å²) in [6.45, 7) is 0.246. The number of halogens is 2. The van der Waals surface area contributed by atoms with E-state index < -0.39 is 11.6 Å². The molecular formula is C21H16F2N2O2. The molecule has 0 saturated heterocycles. The number of anilines is 1. The predicted octanol–water partition coefficient (Wildman–Crippen LogP) is 4.15. The average Bonchev–Trinajstić information content (AvgIpc) is 2.67. The molecule has 6 heteroatoms. The molecule has 0 aliphatic carbocycles. The Balaban J connectivity index is 1.61. The van der Waals surface area contributed by atoms with Crippen LogP contribution in [0.4, 0.5) is 14.5 Å². The van der Waals surface area contributed by atoms with Crippen molar-refractivity contribution in [2.24, 2.45) is 0 Å². The number of hydrogen-bond acceptors (Lipinski definition) is 2. The van der Waals surface area contributed by atoms with Crippen LogP contribution in [0.25, 0.3) is 0 Å². The molecule has 0 bridgehead atoms. The molecule has 0 radical (unpaired) electrons. The fraction of sp³-hybridized carbons (Fsp3) is 0.0476. The van der Waals surface area contributed by atoms with E-state index in [0.29, 0.717) is 16.8 Å². The lowest BCUT2D eigenvalue weighted by Crippen LogP contribution is -2.22. The Morgan fingerprint density at radius 1 is 0.741 bits per heavy atom. The standard InChI is InChI=1S/C21H16F2N2O2/c22-17-8-4-15(5-9-17)20(26)24-13-14-2-1-3-19(12-14)25-21(27)16-6-10-18(23)11-7-16/h1-12H,13H2,(H,24,26)(H,25,27). The molecule has 0 saturated carbocycles. The maximum absolute atomic E-state index is 12.9. The van der Waals surface area contributed by atoms with E-state index in [0.717, 1.165) is 5.56 Å². The number of carbonyl (C=O) groups excluding carboxylic acids is 2. The minimum atomic E-state index is -0.412. The van der Waals surface area contributed by atoms with Crippen molar-refractivity contribution >= 4 is 17.5 Å². The van der Waals surface area contributed by atoms with Gasteiger partial charge in [-0.3, -0.25) is 9.59 Å². The molecule has 0 aliphatic heterocycles. The van der Waals surface area contributed by atoms with Gasteiger partial charge in [-0.05, 0) is 66.2 Å². The van der Waals surface area contributed by atoms with Crippen molar-refractivity contribution in [1.82, 2.24) is 5.32 Å². The normalized spacial score (nSPS) is 10.3. The Labute approximate surface area is 154 Å². The summed E-state index contributed by atoms with van der Waals surface area (Å²) in [6, 6.07) is 17.5. The minimum Gasteiger partial charge on any atom is -0.348 e. The Hall–Kier alpha value is -3.54. The predicted molar refractivity (Wildman–Crippen MR) is 98.4 cm³/mol. The molecule has 2 amide bonds. The topological polar surface area (TPSA) is 58.2 Å². The van der Waals surface area contributed by atoms with Crippen LogP contribution >= 0.6 is 0 Å². The Bertz CT molecular complexity index is 955. The van der Waals surface area contributed by atoms with Gasteiger partial charge in [0.2, 0.25) is 0 Å². The van der Waals surface area contributed by atoms with Crippen molar-refractivity contribution in [3.05, 3.63) is 101 Å². The first-order chi connectivity index (χ1) is 13.0. The highest BCUT2D eigenvalue weighted by atomic mass is 19.1. The second-order valence-corrected chi connectivity index (χ2v) is 5.85. The molecule has 136 valence electrons. The fourth-order valence-electron chi connectivity index (χ4n) is 2.45. The van der Waals surface area contributed by atoms with Crippen molar-refractivity contribution in [3.63, 3.8) is 0 Å². The van der Waals surface area contributed by atoms with Gasteiger partial charge in [-0.25, -0.2) is 8.78 Å². The zero-order valence-electron chi connectivity index (χ0n) is 14.2. The van der Waals surface area contributed by atoms with E-state index in [9.17, 15) is 18.4 Å². The largest absolute Gasteiger partial charge is 0.348 e. The third-order valence-corrected chi connectivity index (χ3v) is 3.85. The maximum Gasteiger partial charge on any atom is 0.255 e. The Kier molecular flexibility index (Phi) is 5.56. The van der Waals surface area contributed by atoms with Crippen molar-refractivity contribution in [1.29, 1.82) is 0 Å². The first-order valence-corrected chi connectivity index (χ1v) is 8.21. The molecule has 2 N–H and O–H groups in total. The van der Waals surface area contributed by atoms with Gasteiger partial charge in [-0.15, -0.1) is 0 Å². The van der Waals surface area contributed by atoms with Crippen LogP contribution in [-0.4, -0.2) is 11.8 Å². The molecule has 0 atom stereocenters. The molecule has 0 spiro atoms. The molecule has 0 fully saturated rings. The van der Waals surface area contributed by atoms with E-state index in [1.165, 1.54) is 48.5 Å². The highest BCUT2D eigenvalue weighted by Gasteiger charge is 2.08. The lowest BCUT2D eigenvalue weighted by atomic mass is 10.1. The van der Waals surface area contributed by atoms with Crippen LogP contribution in [0.2, 0.25) is 0 Å². The van der Waals surface area contributed by atoms with E-state index in [4.69, 9.17) is 0 Å². The monoisotopic (exact) mass is 366 g/mol. The average molecular weight is 366 g/mol. The highest BCUT2D eigenvalue weighted by molar-refractivity contribution is 6.04.